The molecule has 5 heteroatoms. The predicted octanol–water partition coefficient (Wildman–Crippen LogP) is 2.93. The molecule has 19 heavy (non-hydrogen) atoms. The summed E-state index contributed by atoms with van der Waals surface area (Å²) in [5.41, 5.74) is 1.09. The Labute approximate surface area is 120 Å². The summed E-state index contributed by atoms with van der Waals surface area (Å²) in [7, 11) is 0. The molecule has 0 radical (unpaired) electrons. The molecule has 0 aliphatic carbocycles. The van der Waals surface area contributed by atoms with Gasteiger partial charge in [0.1, 0.15) is 5.82 Å². The zero-order valence-corrected chi connectivity index (χ0v) is 12.3. The second-order valence-corrected chi connectivity index (χ2v) is 6.01. The van der Waals surface area contributed by atoms with Crippen molar-refractivity contribution in [1.82, 2.24) is 4.90 Å². The number of piperidine rings is 1. The lowest BCUT2D eigenvalue weighted by Crippen LogP contribution is -2.48. The lowest BCUT2D eigenvalue weighted by Gasteiger charge is -2.38. The van der Waals surface area contributed by atoms with Crippen molar-refractivity contribution in [2.75, 3.05) is 26.3 Å². The first-order valence-corrected chi connectivity index (χ1v) is 7.40. The molecular weight excluding hydrogens is 313 g/mol. The van der Waals surface area contributed by atoms with Gasteiger partial charge in [0, 0.05) is 17.4 Å². The SMILES string of the molecule is Fc1ccc(CN2CCCC3(C2)OCCO3)c(Br)c1. The van der Waals surface area contributed by atoms with E-state index < -0.39 is 5.79 Å². The van der Waals surface area contributed by atoms with Crippen molar-refractivity contribution in [1.29, 1.82) is 0 Å². The fourth-order valence-corrected chi connectivity index (χ4v) is 3.31. The van der Waals surface area contributed by atoms with E-state index in [4.69, 9.17) is 9.47 Å². The first-order chi connectivity index (χ1) is 9.17. The van der Waals surface area contributed by atoms with Crippen LogP contribution in [0, 0.1) is 5.82 Å². The first-order valence-electron chi connectivity index (χ1n) is 6.61. The molecule has 2 aliphatic rings. The summed E-state index contributed by atoms with van der Waals surface area (Å²) < 4.78 is 25.4. The quantitative estimate of drug-likeness (QED) is 0.832. The largest absolute Gasteiger partial charge is 0.346 e. The summed E-state index contributed by atoms with van der Waals surface area (Å²) >= 11 is 3.42. The zero-order valence-electron chi connectivity index (χ0n) is 10.7. The van der Waals surface area contributed by atoms with Gasteiger partial charge in [-0.25, -0.2) is 4.39 Å². The summed E-state index contributed by atoms with van der Waals surface area (Å²) in [6, 6.07) is 4.84. The number of nitrogens with zero attached hydrogens (tertiary/aromatic N) is 1. The van der Waals surface area contributed by atoms with Gasteiger partial charge in [-0.2, -0.15) is 0 Å². The van der Waals surface area contributed by atoms with E-state index in [9.17, 15) is 4.39 Å². The van der Waals surface area contributed by atoms with Crippen molar-refractivity contribution < 1.29 is 13.9 Å². The Morgan fingerprint density at radius 2 is 2.11 bits per heavy atom. The van der Waals surface area contributed by atoms with E-state index in [1.165, 1.54) is 12.1 Å². The monoisotopic (exact) mass is 329 g/mol. The van der Waals surface area contributed by atoms with Crippen molar-refractivity contribution in [3.63, 3.8) is 0 Å². The van der Waals surface area contributed by atoms with Crippen LogP contribution in [0.15, 0.2) is 22.7 Å². The third-order valence-electron chi connectivity index (χ3n) is 3.72. The minimum absolute atomic E-state index is 0.215. The van der Waals surface area contributed by atoms with Gasteiger partial charge in [0.05, 0.1) is 19.8 Å². The molecule has 104 valence electrons. The van der Waals surface area contributed by atoms with E-state index in [0.29, 0.717) is 13.2 Å². The number of benzene rings is 1. The fraction of sp³-hybridized carbons (Fsp3) is 0.571. The molecule has 3 rings (SSSR count). The molecule has 1 spiro atoms. The zero-order chi connectivity index (χ0) is 13.3. The summed E-state index contributed by atoms with van der Waals surface area (Å²) in [6.07, 6.45) is 2.03. The van der Waals surface area contributed by atoms with Gasteiger partial charge in [-0.05, 0) is 30.7 Å². The Bertz CT molecular complexity index is 463. The Balaban J connectivity index is 1.69. The van der Waals surface area contributed by atoms with E-state index in [0.717, 1.165) is 42.5 Å². The predicted molar refractivity (Wildman–Crippen MR) is 73.2 cm³/mol. The number of hydrogen-bond donors (Lipinski definition) is 0. The average molecular weight is 330 g/mol. The van der Waals surface area contributed by atoms with Crippen LogP contribution < -0.4 is 0 Å². The summed E-state index contributed by atoms with van der Waals surface area (Å²) in [5.74, 6) is -0.613. The average Bonchev–Trinajstić information content (AvgIpc) is 2.81. The topological polar surface area (TPSA) is 21.7 Å². The van der Waals surface area contributed by atoms with E-state index in [1.54, 1.807) is 0 Å². The van der Waals surface area contributed by atoms with Gasteiger partial charge in [0.25, 0.3) is 0 Å². The van der Waals surface area contributed by atoms with Crippen molar-refractivity contribution in [3.8, 4) is 0 Å². The molecular formula is C14H17BrFNO2. The van der Waals surface area contributed by atoms with Crippen LogP contribution in [0.4, 0.5) is 4.39 Å². The highest BCUT2D eigenvalue weighted by Crippen LogP contribution is 2.31. The maximum absolute atomic E-state index is 13.1. The minimum atomic E-state index is -0.398. The van der Waals surface area contributed by atoms with Crippen LogP contribution in [-0.2, 0) is 16.0 Å². The van der Waals surface area contributed by atoms with Crippen molar-refractivity contribution in [2.45, 2.75) is 25.2 Å². The van der Waals surface area contributed by atoms with Gasteiger partial charge in [-0.3, -0.25) is 4.90 Å². The van der Waals surface area contributed by atoms with Crippen molar-refractivity contribution in [2.24, 2.45) is 0 Å². The van der Waals surface area contributed by atoms with Crippen LogP contribution in [0.5, 0.6) is 0 Å². The van der Waals surface area contributed by atoms with Crippen LogP contribution in [0.25, 0.3) is 0 Å². The third kappa shape index (κ3) is 2.99. The van der Waals surface area contributed by atoms with Crippen LogP contribution in [-0.4, -0.2) is 37.0 Å². The number of rotatable bonds is 2. The summed E-state index contributed by atoms with van der Waals surface area (Å²) in [6.45, 7) is 3.98. The van der Waals surface area contributed by atoms with Crippen molar-refractivity contribution >= 4 is 15.9 Å². The second kappa shape index (κ2) is 5.48. The standard InChI is InChI=1S/C14H17BrFNO2/c15-13-8-12(16)3-2-11(13)9-17-5-1-4-14(10-17)18-6-7-19-14/h2-3,8H,1,4-7,9-10H2. The molecule has 2 aliphatic heterocycles. The Kier molecular flexibility index (Phi) is 3.89. The van der Waals surface area contributed by atoms with Crippen LogP contribution in [0.1, 0.15) is 18.4 Å². The third-order valence-corrected chi connectivity index (χ3v) is 4.46. The van der Waals surface area contributed by atoms with E-state index in [-0.39, 0.29) is 5.82 Å². The molecule has 1 aromatic carbocycles. The summed E-state index contributed by atoms with van der Waals surface area (Å²) in [5, 5.41) is 0. The van der Waals surface area contributed by atoms with Gasteiger partial charge in [0.15, 0.2) is 5.79 Å². The van der Waals surface area contributed by atoms with Gasteiger partial charge < -0.3 is 9.47 Å². The molecule has 0 atom stereocenters. The van der Waals surface area contributed by atoms with Crippen LogP contribution >= 0.6 is 15.9 Å². The minimum Gasteiger partial charge on any atom is -0.346 e. The van der Waals surface area contributed by atoms with Gasteiger partial charge >= 0.3 is 0 Å². The van der Waals surface area contributed by atoms with Crippen LogP contribution in [0.3, 0.4) is 0 Å². The second-order valence-electron chi connectivity index (χ2n) is 5.16. The fourth-order valence-electron chi connectivity index (χ4n) is 2.83. The molecule has 2 heterocycles. The van der Waals surface area contributed by atoms with Crippen molar-refractivity contribution in [3.05, 3.63) is 34.1 Å². The number of hydrogen-bond acceptors (Lipinski definition) is 3. The lowest BCUT2D eigenvalue weighted by molar-refractivity contribution is -0.190. The molecule has 0 amide bonds. The molecule has 1 aromatic rings. The number of halogens is 2. The lowest BCUT2D eigenvalue weighted by atomic mass is 10.0. The normalized spacial score (nSPS) is 23.1. The molecule has 2 saturated heterocycles. The highest BCUT2D eigenvalue weighted by atomic mass is 79.9. The molecule has 3 nitrogen and oxygen atoms in total. The number of ether oxygens (including phenoxy) is 2. The maximum Gasteiger partial charge on any atom is 0.181 e. The summed E-state index contributed by atoms with van der Waals surface area (Å²) in [4.78, 5) is 2.31. The first kappa shape index (κ1) is 13.5. The van der Waals surface area contributed by atoms with Gasteiger partial charge in [-0.15, -0.1) is 0 Å². The van der Waals surface area contributed by atoms with E-state index in [1.807, 2.05) is 6.07 Å². The highest BCUT2D eigenvalue weighted by Gasteiger charge is 2.40. The van der Waals surface area contributed by atoms with Crippen LogP contribution in [0.2, 0.25) is 0 Å². The molecule has 0 N–H and O–H groups in total. The number of likely N-dealkylation sites (tertiary alicyclic amines) is 1. The maximum atomic E-state index is 13.1. The molecule has 2 fully saturated rings. The molecule has 0 bridgehead atoms. The smallest absolute Gasteiger partial charge is 0.181 e. The molecule has 0 saturated carbocycles. The van der Waals surface area contributed by atoms with E-state index in [2.05, 4.69) is 20.8 Å². The Morgan fingerprint density at radius 3 is 2.84 bits per heavy atom. The van der Waals surface area contributed by atoms with Gasteiger partial charge in [-0.1, -0.05) is 22.0 Å². The highest BCUT2D eigenvalue weighted by molar-refractivity contribution is 9.10. The van der Waals surface area contributed by atoms with E-state index >= 15 is 0 Å². The molecule has 0 unspecified atom stereocenters. The molecule has 0 aromatic heterocycles. The van der Waals surface area contributed by atoms with Gasteiger partial charge in [0.2, 0.25) is 0 Å². The Hall–Kier alpha value is -0.490. The Morgan fingerprint density at radius 1 is 1.32 bits per heavy atom.